The quantitative estimate of drug-likeness (QED) is 0.741. The van der Waals surface area contributed by atoms with Gasteiger partial charge in [-0.05, 0) is 40.6 Å². The van der Waals surface area contributed by atoms with E-state index in [-0.39, 0.29) is 6.04 Å². The number of rotatable bonds is 3. The fourth-order valence-corrected chi connectivity index (χ4v) is 2.36. The molecule has 1 atom stereocenters. The van der Waals surface area contributed by atoms with Crippen LogP contribution in [0.5, 0.6) is 0 Å². The van der Waals surface area contributed by atoms with Crippen LogP contribution in [-0.4, -0.2) is 20.2 Å². The van der Waals surface area contributed by atoms with Crippen molar-refractivity contribution in [1.82, 2.24) is 20.2 Å². The van der Waals surface area contributed by atoms with E-state index in [0.29, 0.717) is 5.02 Å². The first kappa shape index (κ1) is 12.8. The van der Waals surface area contributed by atoms with Gasteiger partial charge in [0.15, 0.2) is 0 Å². The number of hydrogen-bond donors (Lipinski definition) is 0. The van der Waals surface area contributed by atoms with E-state index in [9.17, 15) is 0 Å². The second kappa shape index (κ2) is 5.43. The zero-order valence-corrected chi connectivity index (χ0v) is 11.7. The molecule has 0 saturated heterocycles. The summed E-state index contributed by atoms with van der Waals surface area (Å²) in [6, 6.07) is 17.9. The molecule has 0 bridgehead atoms. The Balaban J connectivity index is 2.14. The summed E-state index contributed by atoms with van der Waals surface area (Å²) >= 11 is 5.97. The Hall–Kier alpha value is -2.20. The van der Waals surface area contributed by atoms with E-state index in [1.54, 1.807) is 0 Å². The molecule has 0 spiro atoms. The maximum Gasteiger partial charge on any atom is 0.149 e. The second-order valence-corrected chi connectivity index (χ2v) is 4.97. The van der Waals surface area contributed by atoms with Crippen LogP contribution in [-0.2, 0) is 0 Å². The van der Waals surface area contributed by atoms with Gasteiger partial charge in [0, 0.05) is 5.02 Å². The van der Waals surface area contributed by atoms with Crippen LogP contribution in [0.3, 0.4) is 0 Å². The number of aryl methyl sites for hydroxylation is 1. The summed E-state index contributed by atoms with van der Waals surface area (Å²) in [5, 5.41) is 12.6. The molecule has 0 radical (unpaired) electrons. The minimum atomic E-state index is -0.0523. The molecule has 0 amide bonds. The van der Waals surface area contributed by atoms with Gasteiger partial charge in [0.1, 0.15) is 11.9 Å². The first-order chi connectivity index (χ1) is 9.75. The van der Waals surface area contributed by atoms with Crippen molar-refractivity contribution in [1.29, 1.82) is 0 Å². The highest BCUT2D eigenvalue weighted by Crippen LogP contribution is 2.27. The van der Waals surface area contributed by atoms with E-state index >= 15 is 0 Å². The van der Waals surface area contributed by atoms with Crippen molar-refractivity contribution >= 4 is 11.6 Å². The molecule has 0 unspecified atom stereocenters. The number of nitrogens with zero attached hydrogens (tertiary/aromatic N) is 4. The molecule has 5 heteroatoms. The predicted molar refractivity (Wildman–Crippen MR) is 77.7 cm³/mol. The minimum Gasteiger partial charge on any atom is -0.218 e. The van der Waals surface area contributed by atoms with Gasteiger partial charge in [-0.3, -0.25) is 0 Å². The number of tetrazole rings is 1. The van der Waals surface area contributed by atoms with Crippen molar-refractivity contribution in [3.8, 4) is 0 Å². The molecule has 0 N–H and O–H groups in total. The highest BCUT2D eigenvalue weighted by molar-refractivity contribution is 6.30. The highest BCUT2D eigenvalue weighted by atomic mass is 35.5. The normalized spacial score (nSPS) is 12.3. The molecule has 2 aromatic carbocycles. The minimum absolute atomic E-state index is 0.0523. The van der Waals surface area contributed by atoms with Crippen LogP contribution in [0.1, 0.15) is 23.0 Å². The van der Waals surface area contributed by atoms with Crippen LogP contribution in [0.15, 0.2) is 54.6 Å². The molecule has 1 heterocycles. The standard InChI is InChI=1S/C15H13ClN4/c1-11-17-18-19-20(11)15(12-5-3-2-4-6-12)13-7-9-14(16)10-8-13/h2-10,15H,1H3/t15-/m0/s1. The Kier molecular flexibility index (Phi) is 3.48. The SMILES string of the molecule is Cc1nnnn1[C@@H](c1ccccc1)c1ccc(Cl)cc1. The van der Waals surface area contributed by atoms with Crippen molar-refractivity contribution in [2.75, 3.05) is 0 Å². The largest absolute Gasteiger partial charge is 0.218 e. The summed E-state index contributed by atoms with van der Waals surface area (Å²) in [6.07, 6.45) is 0. The van der Waals surface area contributed by atoms with Gasteiger partial charge in [0.25, 0.3) is 0 Å². The summed E-state index contributed by atoms with van der Waals surface area (Å²) in [6.45, 7) is 1.89. The van der Waals surface area contributed by atoms with E-state index in [4.69, 9.17) is 11.6 Å². The highest BCUT2D eigenvalue weighted by Gasteiger charge is 2.19. The third kappa shape index (κ3) is 2.42. The monoisotopic (exact) mass is 284 g/mol. The zero-order valence-electron chi connectivity index (χ0n) is 10.9. The number of aromatic nitrogens is 4. The van der Waals surface area contributed by atoms with E-state index in [1.165, 1.54) is 0 Å². The third-order valence-electron chi connectivity index (χ3n) is 3.20. The van der Waals surface area contributed by atoms with Gasteiger partial charge in [0.2, 0.25) is 0 Å². The van der Waals surface area contributed by atoms with E-state index in [2.05, 4.69) is 27.7 Å². The topological polar surface area (TPSA) is 43.6 Å². The molecule has 0 aliphatic carbocycles. The van der Waals surface area contributed by atoms with Crippen LogP contribution in [0.2, 0.25) is 5.02 Å². The molecule has 0 fully saturated rings. The molecule has 100 valence electrons. The van der Waals surface area contributed by atoms with Gasteiger partial charge in [-0.15, -0.1) is 5.10 Å². The maximum atomic E-state index is 5.97. The van der Waals surface area contributed by atoms with Crippen molar-refractivity contribution < 1.29 is 0 Å². The average molecular weight is 285 g/mol. The van der Waals surface area contributed by atoms with Gasteiger partial charge in [0.05, 0.1) is 0 Å². The summed E-state index contributed by atoms with van der Waals surface area (Å²) < 4.78 is 1.82. The van der Waals surface area contributed by atoms with Gasteiger partial charge >= 0.3 is 0 Å². The molecule has 0 aliphatic rings. The summed E-state index contributed by atoms with van der Waals surface area (Å²) in [5.41, 5.74) is 2.22. The fourth-order valence-electron chi connectivity index (χ4n) is 2.23. The van der Waals surface area contributed by atoms with E-state index in [1.807, 2.05) is 54.1 Å². The lowest BCUT2D eigenvalue weighted by atomic mass is 9.99. The van der Waals surface area contributed by atoms with Crippen molar-refractivity contribution in [3.05, 3.63) is 76.6 Å². The molecule has 4 nitrogen and oxygen atoms in total. The van der Waals surface area contributed by atoms with Gasteiger partial charge in [-0.1, -0.05) is 54.1 Å². The Morgan fingerprint density at radius 1 is 0.950 bits per heavy atom. The Morgan fingerprint density at radius 2 is 1.60 bits per heavy atom. The summed E-state index contributed by atoms with van der Waals surface area (Å²) in [7, 11) is 0. The van der Waals surface area contributed by atoms with Crippen LogP contribution in [0, 0.1) is 6.92 Å². The summed E-state index contributed by atoms with van der Waals surface area (Å²) in [4.78, 5) is 0. The van der Waals surface area contributed by atoms with Crippen LogP contribution >= 0.6 is 11.6 Å². The Bertz CT molecular complexity index is 691. The molecule has 3 rings (SSSR count). The molecular formula is C15H13ClN4. The fraction of sp³-hybridized carbons (Fsp3) is 0.133. The third-order valence-corrected chi connectivity index (χ3v) is 3.45. The van der Waals surface area contributed by atoms with Crippen molar-refractivity contribution in [2.24, 2.45) is 0 Å². The van der Waals surface area contributed by atoms with Crippen LogP contribution in [0.4, 0.5) is 0 Å². The predicted octanol–water partition coefficient (Wildman–Crippen LogP) is 3.27. The molecule has 3 aromatic rings. The lowest BCUT2D eigenvalue weighted by Gasteiger charge is -2.18. The number of halogens is 1. The zero-order chi connectivity index (χ0) is 13.9. The molecule has 1 aromatic heterocycles. The summed E-state index contributed by atoms with van der Waals surface area (Å²) in [5.74, 6) is 0.772. The van der Waals surface area contributed by atoms with Crippen molar-refractivity contribution in [3.63, 3.8) is 0 Å². The maximum absolute atomic E-state index is 5.97. The second-order valence-electron chi connectivity index (χ2n) is 4.54. The van der Waals surface area contributed by atoms with Gasteiger partial charge < -0.3 is 0 Å². The Labute approximate surface area is 122 Å². The van der Waals surface area contributed by atoms with Crippen LogP contribution in [0.25, 0.3) is 0 Å². The van der Waals surface area contributed by atoms with Gasteiger partial charge in [-0.25, -0.2) is 4.68 Å². The van der Waals surface area contributed by atoms with Crippen molar-refractivity contribution in [2.45, 2.75) is 13.0 Å². The smallest absolute Gasteiger partial charge is 0.149 e. The van der Waals surface area contributed by atoms with E-state index in [0.717, 1.165) is 17.0 Å². The lowest BCUT2D eigenvalue weighted by molar-refractivity contribution is 0.557. The Morgan fingerprint density at radius 3 is 2.20 bits per heavy atom. The molecule has 0 aliphatic heterocycles. The molecule has 20 heavy (non-hydrogen) atoms. The number of hydrogen-bond acceptors (Lipinski definition) is 3. The van der Waals surface area contributed by atoms with E-state index < -0.39 is 0 Å². The lowest BCUT2D eigenvalue weighted by Crippen LogP contribution is -2.15. The average Bonchev–Trinajstić information content (AvgIpc) is 2.89. The number of benzene rings is 2. The first-order valence-electron chi connectivity index (χ1n) is 6.30. The van der Waals surface area contributed by atoms with Crippen LogP contribution < -0.4 is 0 Å². The molecular weight excluding hydrogens is 272 g/mol. The molecule has 0 saturated carbocycles. The first-order valence-corrected chi connectivity index (χ1v) is 6.68. The van der Waals surface area contributed by atoms with Gasteiger partial charge in [-0.2, -0.15) is 0 Å².